The second kappa shape index (κ2) is 9.71. The first-order valence-corrected chi connectivity index (χ1v) is 8.25. The van der Waals surface area contributed by atoms with Gasteiger partial charge in [0.1, 0.15) is 12.1 Å². The van der Waals surface area contributed by atoms with E-state index in [0.29, 0.717) is 0 Å². The Bertz CT molecular complexity index is 446. The van der Waals surface area contributed by atoms with E-state index in [1.165, 1.54) is 20.0 Å². The summed E-state index contributed by atoms with van der Waals surface area (Å²) in [6.07, 6.45) is 5.98. The number of nitrogens with two attached hydrogens (primary N) is 2. The number of hydrogen-bond acceptors (Lipinski definition) is 8. The molecular weight excluding hydrogens is 316 g/mol. The third-order valence-corrected chi connectivity index (χ3v) is 4.19. The van der Waals surface area contributed by atoms with Gasteiger partial charge in [-0.1, -0.05) is 25.7 Å². The molecule has 138 valence electrons. The largest absolute Gasteiger partial charge is 0.469 e. The van der Waals surface area contributed by atoms with Gasteiger partial charge in [-0.05, 0) is 19.8 Å². The van der Waals surface area contributed by atoms with Crippen molar-refractivity contribution in [2.45, 2.75) is 69.6 Å². The Hall–Kier alpha value is -1.51. The quantitative estimate of drug-likeness (QED) is 0.385. The number of methoxy groups -OCH3 is 1. The van der Waals surface area contributed by atoms with Gasteiger partial charge in [0.2, 0.25) is 0 Å². The highest BCUT2D eigenvalue weighted by Crippen LogP contribution is 2.29. The highest BCUT2D eigenvalue weighted by Gasteiger charge is 2.30. The van der Waals surface area contributed by atoms with Crippen LogP contribution in [0.15, 0.2) is 0 Å². The van der Waals surface area contributed by atoms with Gasteiger partial charge in [0.25, 0.3) is 0 Å². The molecular formula is C16H28N2O6. The highest BCUT2D eigenvalue weighted by molar-refractivity contribution is 5.92. The van der Waals surface area contributed by atoms with Crippen LogP contribution in [0.25, 0.3) is 0 Å². The van der Waals surface area contributed by atoms with Gasteiger partial charge in [0.15, 0.2) is 0 Å². The first-order valence-electron chi connectivity index (χ1n) is 8.25. The second-order valence-electron chi connectivity index (χ2n) is 6.41. The van der Waals surface area contributed by atoms with Gasteiger partial charge in [-0.2, -0.15) is 0 Å². The topological polar surface area (TPSA) is 131 Å². The van der Waals surface area contributed by atoms with Gasteiger partial charge in [0, 0.05) is 0 Å². The zero-order valence-corrected chi connectivity index (χ0v) is 14.4. The minimum absolute atomic E-state index is 0.0329. The lowest BCUT2D eigenvalue weighted by Gasteiger charge is -2.29. The third-order valence-electron chi connectivity index (χ3n) is 4.19. The number of ether oxygens (including phenoxy) is 3. The van der Waals surface area contributed by atoms with Crippen LogP contribution in [0.4, 0.5) is 0 Å². The molecule has 1 aliphatic carbocycles. The molecule has 1 saturated carbocycles. The van der Waals surface area contributed by atoms with Crippen molar-refractivity contribution in [2.75, 3.05) is 13.7 Å². The Kier molecular flexibility index (Phi) is 8.30. The summed E-state index contributed by atoms with van der Waals surface area (Å²) in [5.41, 5.74) is 10.9. The molecule has 2 atom stereocenters. The standard InChI is InChI=1S/C16H28N2O6/c1-16(7-5-3-4-6-8-16)23-10-12(18)15(21)24-14(20)11(17)9-13(19)22-2/h11-12H,3-10,17-18H2,1-2H3/t11-,12-/m0/s1. The molecule has 0 heterocycles. The Balaban J connectivity index is 2.41. The van der Waals surface area contributed by atoms with Crippen LogP contribution in [-0.2, 0) is 28.6 Å². The molecule has 1 rings (SSSR count). The lowest BCUT2D eigenvalue weighted by Crippen LogP contribution is -2.44. The minimum Gasteiger partial charge on any atom is -0.469 e. The van der Waals surface area contributed by atoms with E-state index in [1.54, 1.807) is 0 Å². The second-order valence-corrected chi connectivity index (χ2v) is 6.41. The van der Waals surface area contributed by atoms with Crippen LogP contribution in [-0.4, -0.2) is 49.3 Å². The van der Waals surface area contributed by atoms with Gasteiger partial charge >= 0.3 is 17.9 Å². The van der Waals surface area contributed by atoms with E-state index in [1.807, 2.05) is 6.92 Å². The molecule has 0 aromatic carbocycles. The number of carbonyl (C=O) groups excluding carboxylic acids is 3. The number of rotatable bonds is 7. The van der Waals surface area contributed by atoms with Crippen molar-refractivity contribution >= 4 is 17.9 Å². The molecule has 0 bridgehead atoms. The average molecular weight is 344 g/mol. The Labute approximate surface area is 142 Å². The molecule has 1 fully saturated rings. The van der Waals surface area contributed by atoms with E-state index in [4.69, 9.17) is 16.2 Å². The third kappa shape index (κ3) is 6.94. The van der Waals surface area contributed by atoms with Crippen molar-refractivity contribution in [3.8, 4) is 0 Å². The molecule has 0 amide bonds. The van der Waals surface area contributed by atoms with Crippen molar-refractivity contribution in [3.63, 3.8) is 0 Å². The van der Waals surface area contributed by atoms with Crippen molar-refractivity contribution in [3.05, 3.63) is 0 Å². The predicted octanol–water partition coefficient (Wildman–Crippen LogP) is 0.403. The lowest BCUT2D eigenvalue weighted by molar-refractivity contribution is -0.165. The van der Waals surface area contributed by atoms with E-state index in [9.17, 15) is 14.4 Å². The molecule has 0 aliphatic heterocycles. The molecule has 1 aliphatic rings. The van der Waals surface area contributed by atoms with Crippen molar-refractivity contribution in [1.82, 2.24) is 0 Å². The minimum atomic E-state index is -1.27. The van der Waals surface area contributed by atoms with Crippen LogP contribution in [0, 0.1) is 0 Å². The monoisotopic (exact) mass is 344 g/mol. The number of esters is 3. The van der Waals surface area contributed by atoms with E-state index >= 15 is 0 Å². The summed E-state index contributed by atoms with van der Waals surface area (Å²) in [6, 6.07) is -2.35. The summed E-state index contributed by atoms with van der Waals surface area (Å²) in [7, 11) is 1.17. The van der Waals surface area contributed by atoms with Crippen LogP contribution in [0.3, 0.4) is 0 Å². The van der Waals surface area contributed by atoms with E-state index in [0.717, 1.165) is 25.7 Å². The van der Waals surface area contributed by atoms with Crippen molar-refractivity contribution in [1.29, 1.82) is 0 Å². The smallest absolute Gasteiger partial charge is 0.333 e. The van der Waals surface area contributed by atoms with E-state index in [-0.39, 0.29) is 18.6 Å². The summed E-state index contributed by atoms with van der Waals surface area (Å²) in [5, 5.41) is 0. The SMILES string of the molecule is COC(=O)C[C@H](N)C(=O)OC(=O)[C@@H](N)COC1(C)CCCCCC1. The summed E-state index contributed by atoms with van der Waals surface area (Å²) >= 11 is 0. The van der Waals surface area contributed by atoms with Gasteiger partial charge in [0.05, 0.1) is 25.7 Å². The summed E-state index contributed by atoms with van der Waals surface area (Å²) in [6.45, 7) is 1.97. The fourth-order valence-corrected chi connectivity index (χ4v) is 2.58. The molecule has 24 heavy (non-hydrogen) atoms. The molecule has 0 radical (unpaired) electrons. The Morgan fingerprint density at radius 2 is 1.54 bits per heavy atom. The zero-order valence-electron chi connectivity index (χ0n) is 14.4. The van der Waals surface area contributed by atoms with E-state index < -0.39 is 30.0 Å². The molecule has 0 aromatic heterocycles. The molecule has 4 N–H and O–H groups in total. The lowest BCUT2D eigenvalue weighted by atomic mass is 9.97. The molecule has 0 saturated heterocycles. The van der Waals surface area contributed by atoms with Gasteiger partial charge in [-0.3, -0.25) is 4.79 Å². The normalized spacial score (nSPS) is 19.7. The molecule has 8 nitrogen and oxygen atoms in total. The van der Waals surface area contributed by atoms with E-state index in [2.05, 4.69) is 9.47 Å². The molecule has 0 spiro atoms. The zero-order chi connectivity index (χ0) is 18.2. The van der Waals surface area contributed by atoms with Crippen LogP contribution in [0.5, 0.6) is 0 Å². The first-order chi connectivity index (χ1) is 11.3. The van der Waals surface area contributed by atoms with Crippen molar-refractivity contribution in [2.24, 2.45) is 11.5 Å². The maximum absolute atomic E-state index is 11.8. The Morgan fingerprint density at radius 1 is 1.00 bits per heavy atom. The fraction of sp³-hybridized carbons (Fsp3) is 0.812. The summed E-state index contributed by atoms with van der Waals surface area (Å²) < 4.78 is 14.8. The van der Waals surface area contributed by atoms with Gasteiger partial charge < -0.3 is 25.7 Å². The maximum Gasteiger partial charge on any atom is 0.333 e. The predicted molar refractivity (Wildman–Crippen MR) is 85.7 cm³/mol. The summed E-state index contributed by atoms with van der Waals surface area (Å²) in [4.78, 5) is 34.5. The first kappa shape index (κ1) is 20.5. The maximum atomic E-state index is 11.8. The van der Waals surface area contributed by atoms with Crippen LogP contribution in [0.2, 0.25) is 0 Å². The van der Waals surface area contributed by atoms with Crippen LogP contribution in [0.1, 0.15) is 51.9 Å². The van der Waals surface area contributed by atoms with Crippen LogP contribution >= 0.6 is 0 Å². The average Bonchev–Trinajstić information content (AvgIpc) is 2.77. The highest BCUT2D eigenvalue weighted by atomic mass is 16.6. The van der Waals surface area contributed by atoms with Gasteiger partial charge in [-0.25, -0.2) is 9.59 Å². The van der Waals surface area contributed by atoms with Gasteiger partial charge in [-0.15, -0.1) is 0 Å². The molecule has 0 unspecified atom stereocenters. The molecule has 0 aromatic rings. The number of hydrogen-bond donors (Lipinski definition) is 2. The molecule has 8 heteroatoms. The fourth-order valence-electron chi connectivity index (χ4n) is 2.58. The number of carbonyl (C=O) groups is 3. The summed E-state index contributed by atoms with van der Waals surface area (Å²) in [5.74, 6) is -2.60. The Morgan fingerprint density at radius 3 is 2.08 bits per heavy atom. The van der Waals surface area contributed by atoms with Crippen LogP contribution < -0.4 is 11.5 Å². The van der Waals surface area contributed by atoms with Crippen molar-refractivity contribution < 1.29 is 28.6 Å².